The summed E-state index contributed by atoms with van der Waals surface area (Å²) in [5, 5.41) is 13.0. The average Bonchev–Trinajstić information content (AvgIpc) is 3.07. The zero-order valence-electron chi connectivity index (χ0n) is 9.53. The van der Waals surface area contributed by atoms with Gasteiger partial charge in [-0.05, 0) is 47.9 Å². The summed E-state index contributed by atoms with van der Waals surface area (Å²) in [7, 11) is 1.63. The minimum atomic E-state index is -0.693. The third-order valence-electron chi connectivity index (χ3n) is 3.35. The van der Waals surface area contributed by atoms with Crippen molar-refractivity contribution < 1.29 is 9.84 Å². The Morgan fingerprint density at radius 1 is 1.18 bits per heavy atom. The Morgan fingerprint density at radius 2 is 1.94 bits per heavy atom. The van der Waals surface area contributed by atoms with Crippen LogP contribution in [0.2, 0.25) is 5.02 Å². The minimum Gasteiger partial charge on any atom is -0.496 e. The Hall–Kier alpha value is -1.25. The van der Waals surface area contributed by atoms with Gasteiger partial charge in [-0.2, -0.15) is 0 Å². The van der Waals surface area contributed by atoms with Gasteiger partial charge >= 0.3 is 0 Å². The summed E-state index contributed by atoms with van der Waals surface area (Å²) in [5.41, 5.74) is 0.178. The van der Waals surface area contributed by atoms with Gasteiger partial charge in [0.2, 0.25) is 0 Å². The largest absolute Gasteiger partial charge is 0.496 e. The number of benzene rings is 2. The van der Waals surface area contributed by atoms with E-state index >= 15 is 0 Å². The molecule has 1 N–H and O–H groups in total. The number of ether oxygens (including phenoxy) is 1. The van der Waals surface area contributed by atoms with Crippen molar-refractivity contribution in [1.82, 2.24) is 0 Å². The fraction of sp³-hybridized carbons (Fsp3) is 0.286. The van der Waals surface area contributed by atoms with Gasteiger partial charge in [0, 0.05) is 10.6 Å². The number of methoxy groups -OCH3 is 1. The fourth-order valence-corrected chi connectivity index (χ4v) is 2.35. The maximum atomic E-state index is 10.2. The molecule has 0 heterocycles. The molecule has 0 bridgehead atoms. The van der Waals surface area contributed by atoms with E-state index in [1.165, 1.54) is 0 Å². The van der Waals surface area contributed by atoms with E-state index in [2.05, 4.69) is 0 Å². The van der Waals surface area contributed by atoms with Gasteiger partial charge in [0.25, 0.3) is 0 Å². The quantitative estimate of drug-likeness (QED) is 0.882. The lowest BCUT2D eigenvalue weighted by atomic mass is 10.0. The van der Waals surface area contributed by atoms with Crippen LogP contribution >= 0.6 is 11.6 Å². The number of aliphatic hydroxyl groups is 1. The Bertz CT molecular complexity index is 588. The highest BCUT2D eigenvalue weighted by molar-refractivity contribution is 6.31. The van der Waals surface area contributed by atoms with Gasteiger partial charge in [0.15, 0.2) is 0 Å². The molecule has 0 saturated heterocycles. The third kappa shape index (κ3) is 1.78. The highest BCUT2D eigenvalue weighted by Gasteiger charge is 2.44. The van der Waals surface area contributed by atoms with Crippen LogP contribution in [0.1, 0.15) is 18.4 Å². The second kappa shape index (κ2) is 3.62. The molecule has 3 heteroatoms. The van der Waals surface area contributed by atoms with Gasteiger partial charge in [-0.1, -0.05) is 17.7 Å². The molecule has 1 aliphatic carbocycles. The lowest BCUT2D eigenvalue weighted by Gasteiger charge is -2.14. The lowest BCUT2D eigenvalue weighted by molar-refractivity contribution is 0.147. The molecule has 1 saturated carbocycles. The molecule has 0 radical (unpaired) electrons. The molecule has 0 amide bonds. The van der Waals surface area contributed by atoms with Gasteiger partial charge < -0.3 is 9.84 Å². The van der Waals surface area contributed by atoms with Crippen LogP contribution in [0.5, 0.6) is 5.75 Å². The Kier molecular flexibility index (Phi) is 2.32. The first-order valence-electron chi connectivity index (χ1n) is 5.62. The molecule has 17 heavy (non-hydrogen) atoms. The normalized spacial score (nSPS) is 17.1. The van der Waals surface area contributed by atoms with E-state index in [1.807, 2.05) is 30.3 Å². The van der Waals surface area contributed by atoms with Gasteiger partial charge in [-0.15, -0.1) is 0 Å². The van der Waals surface area contributed by atoms with Crippen molar-refractivity contribution in [3.05, 3.63) is 40.9 Å². The number of hydrogen-bond acceptors (Lipinski definition) is 2. The molecule has 0 spiro atoms. The first-order chi connectivity index (χ1) is 8.12. The molecule has 0 atom stereocenters. The lowest BCUT2D eigenvalue weighted by Crippen LogP contribution is -2.06. The van der Waals surface area contributed by atoms with E-state index in [-0.39, 0.29) is 0 Å². The summed E-state index contributed by atoms with van der Waals surface area (Å²) in [6.45, 7) is 0. The van der Waals surface area contributed by atoms with Crippen molar-refractivity contribution >= 4 is 22.4 Å². The predicted molar refractivity (Wildman–Crippen MR) is 68.6 cm³/mol. The SMILES string of the molecule is COc1cc2ccc(Cl)cc2cc1C1(O)CC1. The van der Waals surface area contributed by atoms with E-state index in [0.717, 1.165) is 34.9 Å². The van der Waals surface area contributed by atoms with Crippen LogP contribution in [0.3, 0.4) is 0 Å². The topological polar surface area (TPSA) is 29.5 Å². The number of fused-ring (bicyclic) bond motifs is 1. The summed E-state index contributed by atoms with van der Waals surface area (Å²) >= 11 is 5.98. The molecule has 2 nitrogen and oxygen atoms in total. The van der Waals surface area contributed by atoms with Gasteiger partial charge in [-0.25, -0.2) is 0 Å². The summed E-state index contributed by atoms with van der Waals surface area (Å²) < 4.78 is 5.36. The second-order valence-corrected chi connectivity index (χ2v) is 5.01. The monoisotopic (exact) mass is 248 g/mol. The molecular formula is C14H13ClO2. The Labute approximate surface area is 105 Å². The van der Waals surface area contributed by atoms with Crippen molar-refractivity contribution in [2.45, 2.75) is 18.4 Å². The van der Waals surface area contributed by atoms with Gasteiger partial charge in [0.1, 0.15) is 5.75 Å². The van der Waals surface area contributed by atoms with E-state index in [9.17, 15) is 5.11 Å². The van der Waals surface area contributed by atoms with Crippen LogP contribution in [0.4, 0.5) is 0 Å². The van der Waals surface area contributed by atoms with E-state index in [1.54, 1.807) is 7.11 Å². The standard InChI is InChI=1S/C14H13ClO2/c1-17-13-8-9-2-3-11(15)6-10(9)7-12(13)14(16)4-5-14/h2-3,6-8,16H,4-5H2,1H3. The van der Waals surface area contributed by atoms with Crippen molar-refractivity contribution in [2.24, 2.45) is 0 Å². The molecule has 2 aromatic rings. The molecule has 2 aromatic carbocycles. The van der Waals surface area contributed by atoms with Crippen LogP contribution in [-0.4, -0.2) is 12.2 Å². The van der Waals surface area contributed by atoms with E-state index in [0.29, 0.717) is 5.02 Å². The van der Waals surface area contributed by atoms with Crippen molar-refractivity contribution in [3.8, 4) is 5.75 Å². The Balaban J connectivity index is 2.26. The van der Waals surface area contributed by atoms with Crippen LogP contribution in [0.15, 0.2) is 30.3 Å². The zero-order chi connectivity index (χ0) is 12.0. The van der Waals surface area contributed by atoms with Crippen LogP contribution < -0.4 is 4.74 Å². The molecule has 3 rings (SSSR count). The first kappa shape index (κ1) is 10.9. The maximum Gasteiger partial charge on any atom is 0.125 e. The van der Waals surface area contributed by atoms with Crippen LogP contribution in [-0.2, 0) is 5.60 Å². The molecular weight excluding hydrogens is 236 g/mol. The fourth-order valence-electron chi connectivity index (χ4n) is 2.17. The number of rotatable bonds is 2. The summed E-state index contributed by atoms with van der Waals surface area (Å²) in [4.78, 5) is 0. The van der Waals surface area contributed by atoms with Crippen molar-refractivity contribution in [1.29, 1.82) is 0 Å². The van der Waals surface area contributed by atoms with E-state index in [4.69, 9.17) is 16.3 Å². The van der Waals surface area contributed by atoms with Crippen LogP contribution in [0, 0.1) is 0 Å². The van der Waals surface area contributed by atoms with Gasteiger partial charge in [-0.3, -0.25) is 0 Å². The zero-order valence-corrected chi connectivity index (χ0v) is 10.3. The highest BCUT2D eigenvalue weighted by atomic mass is 35.5. The smallest absolute Gasteiger partial charge is 0.125 e. The van der Waals surface area contributed by atoms with Gasteiger partial charge in [0.05, 0.1) is 12.7 Å². The van der Waals surface area contributed by atoms with Crippen LogP contribution in [0.25, 0.3) is 10.8 Å². The van der Waals surface area contributed by atoms with Crippen molar-refractivity contribution in [2.75, 3.05) is 7.11 Å². The minimum absolute atomic E-state index is 0.693. The summed E-state index contributed by atoms with van der Waals surface area (Å²) in [5.74, 6) is 0.750. The number of hydrogen-bond donors (Lipinski definition) is 1. The third-order valence-corrected chi connectivity index (χ3v) is 3.58. The second-order valence-electron chi connectivity index (χ2n) is 4.58. The molecule has 88 valence electrons. The highest BCUT2D eigenvalue weighted by Crippen LogP contribution is 2.49. The predicted octanol–water partition coefficient (Wildman–Crippen LogP) is 3.48. The van der Waals surface area contributed by atoms with Crippen molar-refractivity contribution in [3.63, 3.8) is 0 Å². The molecule has 0 aromatic heterocycles. The average molecular weight is 249 g/mol. The molecule has 1 aliphatic rings. The molecule has 0 unspecified atom stereocenters. The molecule has 0 aliphatic heterocycles. The first-order valence-corrected chi connectivity index (χ1v) is 6.00. The maximum absolute atomic E-state index is 10.2. The Morgan fingerprint density at radius 3 is 2.59 bits per heavy atom. The summed E-state index contributed by atoms with van der Waals surface area (Å²) in [6, 6.07) is 9.66. The number of halogens is 1. The van der Waals surface area contributed by atoms with E-state index < -0.39 is 5.60 Å². The molecule has 1 fully saturated rings. The summed E-state index contributed by atoms with van der Waals surface area (Å²) in [6.07, 6.45) is 1.60.